The Hall–Kier alpha value is -1.43. The Kier molecular flexibility index (Phi) is 4.24. The zero-order chi connectivity index (χ0) is 14.8. The van der Waals surface area contributed by atoms with Crippen molar-refractivity contribution in [3.05, 3.63) is 16.1 Å². The van der Waals surface area contributed by atoms with E-state index in [4.69, 9.17) is 0 Å². The smallest absolute Gasteiger partial charge is 0.225 e. The molecule has 0 unspecified atom stereocenters. The summed E-state index contributed by atoms with van der Waals surface area (Å²) in [6.07, 6.45) is 4.29. The van der Waals surface area contributed by atoms with Gasteiger partial charge in [0.25, 0.3) is 0 Å². The summed E-state index contributed by atoms with van der Waals surface area (Å²) in [5, 5.41) is 6.14. The van der Waals surface area contributed by atoms with Crippen LogP contribution < -0.4 is 5.32 Å². The summed E-state index contributed by atoms with van der Waals surface area (Å²) in [4.78, 5) is 30.3. The standard InChI is InChI=1S/C15H21N3O2S/c1-2-13-17-11(9-21-13)5-6-16-15(20)10-7-14(19)18(8-10)12-3-4-12/h9-10,12H,2-8H2,1H3,(H,16,20)/t10-/m0/s1. The molecule has 1 N–H and O–H groups in total. The Balaban J connectivity index is 1.43. The molecule has 2 fully saturated rings. The second-order valence-corrected chi connectivity index (χ2v) is 6.75. The molecule has 1 saturated carbocycles. The molecular weight excluding hydrogens is 286 g/mol. The number of aromatic nitrogens is 1. The van der Waals surface area contributed by atoms with E-state index in [0.717, 1.165) is 36.4 Å². The average molecular weight is 307 g/mol. The van der Waals surface area contributed by atoms with Crippen LogP contribution in [0.15, 0.2) is 5.38 Å². The first-order chi connectivity index (χ1) is 10.2. The van der Waals surface area contributed by atoms with Gasteiger partial charge in [-0.15, -0.1) is 11.3 Å². The molecule has 1 atom stereocenters. The number of carbonyl (C=O) groups excluding carboxylic acids is 2. The molecule has 1 aromatic heterocycles. The molecule has 1 aromatic rings. The summed E-state index contributed by atoms with van der Waals surface area (Å²) in [5.74, 6) is -0.0121. The van der Waals surface area contributed by atoms with Crippen LogP contribution in [0.2, 0.25) is 0 Å². The van der Waals surface area contributed by atoms with E-state index in [1.54, 1.807) is 11.3 Å². The Morgan fingerprint density at radius 2 is 2.33 bits per heavy atom. The van der Waals surface area contributed by atoms with Gasteiger partial charge in [0.1, 0.15) is 0 Å². The fourth-order valence-electron chi connectivity index (χ4n) is 2.73. The molecule has 0 aromatic carbocycles. The molecule has 0 radical (unpaired) electrons. The summed E-state index contributed by atoms with van der Waals surface area (Å²) < 4.78 is 0. The summed E-state index contributed by atoms with van der Waals surface area (Å²) in [5.41, 5.74) is 1.04. The molecule has 1 aliphatic heterocycles. The van der Waals surface area contributed by atoms with Crippen molar-refractivity contribution in [1.82, 2.24) is 15.2 Å². The zero-order valence-corrected chi connectivity index (χ0v) is 13.1. The lowest BCUT2D eigenvalue weighted by Crippen LogP contribution is -2.34. The molecule has 21 heavy (non-hydrogen) atoms. The van der Waals surface area contributed by atoms with Crippen molar-refractivity contribution in [1.29, 1.82) is 0 Å². The van der Waals surface area contributed by atoms with E-state index in [1.807, 2.05) is 4.90 Å². The molecule has 3 rings (SSSR count). The molecule has 0 bridgehead atoms. The Morgan fingerprint density at radius 3 is 3.00 bits per heavy atom. The Bertz CT molecular complexity index is 539. The Morgan fingerprint density at radius 1 is 1.52 bits per heavy atom. The van der Waals surface area contributed by atoms with Gasteiger partial charge >= 0.3 is 0 Å². The van der Waals surface area contributed by atoms with Gasteiger partial charge in [-0.05, 0) is 19.3 Å². The predicted octanol–water partition coefficient (Wildman–Crippen LogP) is 1.38. The molecule has 5 nitrogen and oxygen atoms in total. The van der Waals surface area contributed by atoms with Gasteiger partial charge in [-0.1, -0.05) is 6.92 Å². The van der Waals surface area contributed by atoms with Crippen LogP contribution in [-0.4, -0.2) is 40.8 Å². The predicted molar refractivity (Wildman–Crippen MR) is 81.0 cm³/mol. The number of nitrogens with zero attached hydrogens (tertiary/aromatic N) is 2. The molecule has 1 saturated heterocycles. The van der Waals surface area contributed by atoms with Crippen LogP contribution in [0.4, 0.5) is 0 Å². The number of carbonyl (C=O) groups is 2. The fourth-order valence-corrected chi connectivity index (χ4v) is 3.51. The monoisotopic (exact) mass is 307 g/mol. The first-order valence-corrected chi connectivity index (χ1v) is 8.55. The van der Waals surface area contributed by atoms with E-state index in [2.05, 4.69) is 22.6 Å². The molecule has 114 valence electrons. The molecule has 2 heterocycles. The molecule has 2 amide bonds. The third-order valence-electron chi connectivity index (χ3n) is 4.10. The number of thiazole rings is 1. The molecule has 6 heteroatoms. The number of hydrogen-bond donors (Lipinski definition) is 1. The second-order valence-electron chi connectivity index (χ2n) is 5.81. The summed E-state index contributed by atoms with van der Waals surface area (Å²) in [6, 6.07) is 0.415. The first-order valence-electron chi connectivity index (χ1n) is 7.67. The summed E-state index contributed by atoms with van der Waals surface area (Å²) >= 11 is 1.67. The van der Waals surface area contributed by atoms with Gasteiger partial charge in [-0.25, -0.2) is 4.98 Å². The zero-order valence-electron chi connectivity index (χ0n) is 12.3. The highest BCUT2D eigenvalue weighted by Gasteiger charge is 2.41. The minimum Gasteiger partial charge on any atom is -0.355 e. The number of nitrogens with one attached hydrogen (secondary N) is 1. The maximum atomic E-state index is 12.1. The van der Waals surface area contributed by atoms with Gasteiger partial charge in [0, 0.05) is 37.4 Å². The van der Waals surface area contributed by atoms with Gasteiger partial charge < -0.3 is 10.2 Å². The molecule has 0 spiro atoms. The van der Waals surface area contributed by atoms with Crippen LogP contribution in [0.25, 0.3) is 0 Å². The van der Waals surface area contributed by atoms with Crippen molar-refractivity contribution < 1.29 is 9.59 Å². The largest absolute Gasteiger partial charge is 0.355 e. The third-order valence-corrected chi connectivity index (χ3v) is 5.14. The van der Waals surface area contributed by atoms with Crippen LogP contribution >= 0.6 is 11.3 Å². The van der Waals surface area contributed by atoms with E-state index in [0.29, 0.717) is 25.6 Å². The van der Waals surface area contributed by atoms with Gasteiger partial charge in [0.05, 0.1) is 16.6 Å². The van der Waals surface area contributed by atoms with Crippen molar-refractivity contribution in [2.24, 2.45) is 5.92 Å². The minimum atomic E-state index is -0.167. The van der Waals surface area contributed by atoms with Crippen LogP contribution in [0, 0.1) is 5.92 Å². The van der Waals surface area contributed by atoms with Gasteiger partial charge in [0.15, 0.2) is 0 Å². The fraction of sp³-hybridized carbons (Fsp3) is 0.667. The summed E-state index contributed by atoms with van der Waals surface area (Å²) in [6.45, 7) is 3.29. The van der Waals surface area contributed by atoms with Gasteiger partial charge in [-0.3, -0.25) is 9.59 Å². The lowest BCUT2D eigenvalue weighted by molar-refractivity contribution is -0.129. The van der Waals surface area contributed by atoms with Gasteiger partial charge in [0.2, 0.25) is 11.8 Å². The maximum Gasteiger partial charge on any atom is 0.225 e. The number of hydrogen-bond acceptors (Lipinski definition) is 4. The molecule has 1 aliphatic carbocycles. The average Bonchev–Trinajstić information content (AvgIpc) is 3.08. The van der Waals surface area contributed by atoms with Crippen LogP contribution in [0.1, 0.15) is 36.9 Å². The normalized spacial score (nSPS) is 21.9. The highest BCUT2D eigenvalue weighted by Crippen LogP contribution is 2.32. The number of aryl methyl sites for hydroxylation is 1. The highest BCUT2D eigenvalue weighted by atomic mass is 32.1. The van der Waals surface area contributed by atoms with Gasteiger partial charge in [-0.2, -0.15) is 0 Å². The van der Waals surface area contributed by atoms with E-state index in [9.17, 15) is 9.59 Å². The second kappa shape index (κ2) is 6.13. The summed E-state index contributed by atoms with van der Waals surface area (Å²) in [7, 11) is 0. The third kappa shape index (κ3) is 3.43. The van der Waals surface area contributed by atoms with Crippen molar-refractivity contribution in [2.45, 2.75) is 45.1 Å². The number of rotatable bonds is 6. The molecular formula is C15H21N3O2S. The highest BCUT2D eigenvalue weighted by molar-refractivity contribution is 7.09. The number of amides is 2. The van der Waals surface area contributed by atoms with Crippen molar-refractivity contribution in [2.75, 3.05) is 13.1 Å². The quantitative estimate of drug-likeness (QED) is 0.863. The van der Waals surface area contributed by atoms with E-state index in [-0.39, 0.29) is 17.7 Å². The first kappa shape index (κ1) is 14.5. The maximum absolute atomic E-state index is 12.1. The van der Waals surface area contributed by atoms with E-state index in [1.165, 1.54) is 0 Å². The Labute approximate surface area is 128 Å². The number of likely N-dealkylation sites (tertiary alicyclic amines) is 1. The lowest BCUT2D eigenvalue weighted by Gasteiger charge is -2.15. The van der Waals surface area contributed by atoms with Crippen molar-refractivity contribution >= 4 is 23.2 Å². The van der Waals surface area contributed by atoms with E-state index >= 15 is 0 Å². The van der Waals surface area contributed by atoms with Crippen molar-refractivity contribution in [3.63, 3.8) is 0 Å². The molecule has 2 aliphatic rings. The lowest BCUT2D eigenvalue weighted by atomic mass is 10.1. The minimum absolute atomic E-state index is 0.0115. The SMILES string of the molecule is CCc1nc(CCNC(=O)[C@H]2CC(=O)N(C3CC3)C2)cs1. The van der Waals surface area contributed by atoms with Crippen molar-refractivity contribution in [3.8, 4) is 0 Å². The van der Waals surface area contributed by atoms with Crippen LogP contribution in [0.5, 0.6) is 0 Å². The topological polar surface area (TPSA) is 62.3 Å². The van der Waals surface area contributed by atoms with E-state index < -0.39 is 0 Å². The van der Waals surface area contributed by atoms with Crippen LogP contribution in [0.3, 0.4) is 0 Å². The van der Waals surface area contributed by atoms with Crippen LogP contribution in [-0.2, 0) is 22.4 Å².